The molecule has 0 spiro atoms. The lowest BCUT2D eigenvalue weighted by Gasteiger charge is -2.09. The fourth-order valence-corrected chi connectivity index (χ4v) is 5.45. The van der Waals surface area contributed by atoms with Crippen LogP contribution >= 0.6 is 11.3 Å². The molecule has 4 N–H and O–H groups in total. The normalized spacial score (nSPS) is 14.5. The molecular formula is C17H18N4O3S2. The zero-order valence-corrected chi connectivity index (χ0v) is 15.5. The van der Waals surface area contributed by atoms with Gasteiger partial charge in [-0.2, -0.15) is 0 Å². The van der Waals surface area contributed by atoms with Crippen molar-refractivity contribution in [3.05, 3.63) is 50.9 Å². The Labute approximate surface area is 154 Å². The van der Waals surface area contributed by atoms with E-state index in [1.807, 2.05) is 0 Å². The summed E-state index contributed by atoms with van der Waals surface area (Å²) in [4.78, 5) is 21.7. The number of sulfonamides is 1. The molecule has 9 heteroatoms. The number of fused-ring (bicyclic) bond motifs is 3. The summed E-state index contributed by atoms with van der Waals surface area (Å²) in [6, 6.07) is 5.92. The number of hydrogen-bond acceptors (Lipinski definition) is 6. The number of aryl methyl sites for hydroxylation is 2. The Morgan fingerprint density at radius 1 is 1.19 bits per heavy atom. The Morgan fingerprint density at radius 2 is 1.92 bits per heavy atom. The van der Waals surface area contributed by atoms with Gasteiger partial charge in [-0.3, -0.25) is 4.79 Å². The molecule has 0 amide bonds. The highest BCUT2D eigenvalue weighted by Crippen LogP contribution is 2.33. The van der Waals surface area contributed by atoms with E-state index in [1.165, 1.54) is 40.5 Å². The summed E-state index contributed by atoms with van der Waals surface area (Å²) >= 11 is 1.54. The molecule has 0 saturated heterocycles. The largest absolute Gasteiger partial charge is 0.399 e. The Bertz CT molecular complexity index is 1130. The van der Waals surface area contributed by atoms with Crippen LogP contribution in [-0.4, -0.2) is 18.4 Å². The molecule has 0 fully saturated rings. The van der Waals surface area contributed by atoms with E-state index in [9.17, 15) is 13.2 Å². The van der Waals surface area contributed by atoms with Gasteiger partial charge in [0.2, 0.25) is 10.0 Å². The number of nitrogens with one attached hydrogen (secondary N) is 2. The average Bonchev–Trinajstić information content (AvgIpc) is 2.99. The SMILES string of the molecule is Nc1ccc(S(=O)(=O)NCc2nc3sc4c(c3c(=O)[nH]2)CCCC4)cc1. The monoisotopic (exact) mass is 390 g/mol. The highest BCUT2D eigenvalue weighted by Gasteiger charge is 2.20. The average molecular weight is 390 g/mol. The number of nitrogens with zero attached hydrogens (tertiary/aromatic N) is 1. The van der Waals surface area contributed by atoms with E-state index in [0.29, 0.717) is 21.7 Å². The molecule has 7 nitrogen and oxygen atoms in total. The summed E-state index contributed by atoms with van der Waals surface area (Å²) < 4.78 is 27.2. The van der Waals surface area contributed by atoms with Crippen molar-refractivity contribution in [2.75, 3.05) is 5.73 Å². The van der Waals surface area contributed by atoms with Gasteiger partial charge in [0.25, 0.3) is 5.56 Å². The number of anilines is 1. The molecule has 2 heterocycles. The van der Waals surface area contributed by atoms with E-state index in [4.69, 9.17) is 5.73 Å². The van der Waals surface area contributed by atoms with Crippen molar-refractivity contribution >= 4 is 37.3 Å². The van der Waals surface area contributed by atoms with Crippen LogP contribution in [-0.2, 0) is 29.4 Å². The summed E-state index contributed by atoms with van der Waals surface area (Å²) in [7, 11) is -3.71. The Hall–Kier alpha value is -2.23. The summed E-state index contributed by atoms with van der Waals surface area (Å²) in [5.74, 6) is 0.306. The number of nitrogen functional groups attached to an aromatic ring is 1. The topological polar surface area (TPSA) is 118 Å². The first-order chi connectivity index (χ1) is 12.4. The zero-order valence-electron chi connectivity index (χ0n) is 13.9. The molecule has 0 saturated carbocycles. The van der Waals surface area contributed by atoms with Crippen LogP contribution < -0.4 is 16.0 Å². The van der Waals surface area contributed by atoms with Crippen LogP contribution in [0.2, 0.25) is 0 Å². The molecule has 2 aromatic heterocycles. The Balaban J connectivity index is 1.61. The Kier molecular flexibility index (Phi) is 4.29. The third-order valence-corrected chi connectivity index (χ3v) is 7.10. The van der Waals surface area contributed by atoms with E-state index in [-0.39, 0.29) is 17.0 Å². The minimum atomic E-state index is -3.71. The van der Waals surface area contributed by atoms with Gasteiger partial charge in [0.15, 0.2) is 0 Å². The molecule has 3 aromatic rings. The molecule has 0 atom stereocenters. The van der Waals surface area contributed by atoms with E-state index >= 15 is 0 Å². The molecular weight excluding hydrogens is 372 g/mol. The van der Waals surface area contributed by atoms with Crippen molar-refractivity contribution in [3.8, 4) is 0 Å². The minimum Gasteiger partial charge on any atom is -0.399 e. The van der Waals surface area contributed by atoms with Gasteiger partial charge in [0, 0.05) is 10.6 Å². The third kappa shape index (κ3) is 3.13. The van der Waals surface area contributed by atoms with Crippen LogP contribution in [0.25, 0.3) is 10.2 Å². The van der Waals surface area contributed by atoms with Gasteiger partial charge in [0.05, 0.1) is 16.8 Å². The van der Waals surface area contributed by atoms with Crippen molar-refractivity contribution in [2.24, 2.45) is 0 Å². The first-order valence-corrected chi connectivity index (χ1v) is 10.6. The van der Waals surface area contributed by atoms with Crippen LogP contribution in [0.5, 0.6) is 0 Å². The number of aromatic nitrogens is 2. The predicted octanol–water partition coefficient (Wildman–Crippen LogP) is 1.92. The number of aromatic amines is 1. The second-order valence-electron chi connectivity index (χ2n) is 6.30. The predicted molar refractivity (Wildman–Crippen MR) is 102 cm³/mol. The number of thiophene rings is 1. The van der Waals surface area contributed by atoms with E-state index < -0.39 is 10.0 Å². The first-order valence-electron chi connectivity index (χ1n) is 8.33. The van der Waals surface area contributed by atoms with Gasteiger partial charge >= 0.3 is 0 Å². The first kappa shape index (κ1) is 17.2. The minimum absolute atomic E-state index is 0.0829. The quantitative estimate of drug-likeness (QED) is 0.588. The molecule has 1 aromatic carbocycles. The summed E-state index contributed by atoms with van der Waals surface area (Å²) in [5.41, 5.74) is 6.98. The van der Waals surface area contributed by atoms with Crippen molar-refractivity contribution in [2.45, 2.75) is 37.1 Å². The van der Waals surface area contributed by atoms with Gasteiger partial charge in [-0.25, -0.2) is 18.1 Å². The van der Waals surface area contributed by atoms with Crippen molar-refractivity contribution in [3.63, 3.8) is 0 Å². The molecule has 136 valence electrons. The number of rotatable bonds is 4. The van der Waals surface area contributed by atoms with Gasteiger partial charge < -0.3 is 10.7 Å². The molecule has 0 unspecified atom stereocenters. The molecule has 0 bridgehead atoms. The molecule has 4 rings (SSSR count). The highest BCUT2D eigenvalue weighted by molar-refractivity contribution is 7.89. The van der Waals surface area contributed by atoms with Crippen LogP contribution in [0.15, 0.2) is 34.0 Å². The summed E-state index contributed by atoms with van der Waals surface area (Å²) in [5, 5.41) is 0.662. The lowest BCUT2D eigenvalue weighted by atomic mass is 9.97. The molecule has 0 radical (unpaired) electrons. The maximum Gasteiger partial charge on any atom is 0.259 e. The molecule has 1 aliphatic rings. The number of H-pyrrole nitrogens is 1. The second-order valence-corrected chi connectivity index (χ2v) is 9.15. The van der Waals surface area contributed by atoms with Gasteiger partial charge in [-0.1, -0.05) is 0 Å². The van der Waals surface area contributed by atoms with Crippen molar-refractivity contribution < 1.29 is 8.42 Å². The highest BCUT2D eigenvalue weighted by atomic mass is 32.2. The smallest absolute Gasteiger partial charge is 0.259 e. The van der Waals surface area contributed by atoms with Gasteiger partial charge in [0.1, 0.15) is 10.7 Å². The van der Waals surface area contributed by atoms with Crippen LogP contribution in [0, 0.1) is 0 Å². The van der Waals surface area contributed by atoms with Crippen molar-refractivity contribution in [1.82, 2.24) is 14.7 Å². The zero-order chi connectivity index (χ0) is 18.3. The Morgan fingerprint density at radius 3 is 2.69 bits per heavy atom. The van der Waals surface area contributed by atoms with Crippen LogP contribution in [0.1, 0.15) is 29.1 Å². The summed E-state index contributed by atoms with van der Waals surface area (Å²) in [6.45, 7) is -0.0829. The molecule has 26 heavy (non-hydrogen) atoms. The van der Waals surface area contributed by atoms with Crippen LogP contribution in [0.3, 0.4) is 0 Å². The lowest BCUT2D eigenvalue weighted by molar-refractivity contribution is 0.579. The molecule has 1 aliphatic carbocycles. The van der Waals surface area contributed by atoms with Crippen LogP contribution in [0.4, 0.5) is 5.69 Å². The maximum absolute atomic E-state index is 12.5. The standard InChI is InChI=1S/C17H18N4O3S2/c18-10-5-7-11(8-6-10)26(23,24)19-9-14-20-16(22)15-12-3-1-2-4-13(12)25-17(15)21-14/h5-8,19H,1-4,9,18H2,(H,20,21,22). The fourth-order valence-electron chi connectivity index (χ4n) is 3.19. The van der Waals surface area contributed by atoms with E-state index in [2.05, 4.69) is 14.7 Å². The fraction of sp³-hybridized carbons (Fsp3) is 0.294. The van der Waals surface area contributed by atoms with E-state index in [1.54, 1.807) is 0 Å². The maximum atomic E-state index is 12.5. The third-order valence-electron chi connectivity index (χ3n) is 4.49. The number of nitrogens with two attached hydrogens (primary N) is 1. The van der Waals surface area contributed by atoms with Gasteiger partial charge in [-0.05, 0) is 55.5 Å². The van der Waals surface area contributed by atoms with E-state index in [0.717, 1.165) is 31.2 Å². The number of benzene rings is 1. The number of hydrogen-bond donors (Lipinski definition) is 3. The van der Waals surface area contributed by atoms with Gasteiger partial charge in [-0.15, -0.1) is 11.3 Å². The van der Waals surface area contributed by atoms with Crippen molar-refractivity contribution in [1.29, 1.82) is 0 Å². The summed E-state index contributed by atoms with van der Waals surface area (Å²) in [6.07, 6.45) is 4.10. The second kappa shape index (κ2) is 6.49. The molecule has 0 aliphatic heterocycles. The lowest BCUT2D eigenvalue weighted by Crippen LogP contribution is -2.25.